The summed E-state index contributed by atoms with van der Waals surface area (Å²) < 4.78 is 51.2. The van der Waals surface area contributed by atoms with Gasteiger partial charge in [-0.1, -0.05) is 13.0 Å². The van der Waals surface area contributed by atoms with Crippen LogP contribution in [0.2, 0.25) is 0 Å². The lowest BCUT2D eigenvalue weighted by Gasteiger charge is -2.30. The minimum atomic E-state index is -3.76. The van der Waals surface area contributed by atoms with Crippen molar-refractivity contribution in [1.82, 2.24) is 10.0 Å². The highest BCUT2D eigenvalue weighted by molar-refractivity contribution is 7.91. The quantitative estimate of drug-likeness (QED) is 0.836. The average molecular weight is 346 g/mol. The van der Waals surface area contributed by atoms with Gasteiger partial charge in [0.15, 0.2) is 9.84 Å². The number of aryl methyl sites for hydroxylation is 1. The Labute approximate surface area is 132 Å². The Bertz CT molecular complexity index is 757. The van der Waals surface area contributed by atoms with E-state index in [0.717, 1.165) is 19.2 Å². The molecular formula is C14H22N2O4S2. The maximum absolute atomic E-state index is 12.6. The SMILES string of the molecule is Cc1ccc(S(C)(=O)=O)cc1S(=O)(=O)NC1CNCCC1C. The summed E-state index contributed by atoms with van der Waals surface area (Å²) in [6.07, 6.45) is 1.96. The van der Waals surface area contributed by atoms with Crippen molar-refractivity contribution in [2.75, 3.05) is 19.3 Å². The first-order valence-corrected chi connectivity index (χ1v) is 10.5. The number of benzene rings is 1. The number of sulfonamides is 1. The van der Waals surface area contributed by atoms with E-state index >= 15 is 0 Å². The number of nitrogens with one attached hydrogen (secondary N) is 2. The maximum atomic E-state index is 12.6. The molecule has 1 aliphatic rings. The van der Waals surface area contributed by atoms with E-state index in [2.05, 4.69) is 10.0 Å². The first-order valence-electron chi connectivity index (χ1n) is 7.15. The van der Waals surface area contributed by atoms with Crippen molar-refractivity contribution < 1.29 is 16.8 Å². The number of piperidine rings is 1. The van der Waals surface area contributed by atoms with Crippen LogP contribution in [-0.2, 0) is 19.9 Å². The number of rotatable bonds is 4. The summed E-state index contributed by atoms with van der Waals surface area (Å²) in [4.78, 5) is 0.0292. The van der Waals surface area contributed by atoms with Gasteiger partial charge in [0.05, 0.1) is 9.79 Å². The van der Waals surface area contributed by atoms with Crippen LogP contribution >= 0.6 is 0 Å². The van der Waals surface area contributed by atoms with Gasteiger partial charge < -0.3 is 5.32 Å². The predicted molar refractivity (Wildman–Crippen MR) is 85.0 cm³/mol. The lowest BCUT2D eigenvalue weighted by molar-refractivity contribution is 0.327. The molecule has 8 heteroatoms. The zero-order chi connectivity index (χ0) is 16.5. The summed E-state index contributed by atoms with van der Waals surface area (Å²) in [7, 11) is -7.21. The third-order valence-corrected chi connectivity index (χ3v) is 6.75. The van der Waals surface area contributed by atoms with Crippen LogP contribution in [0.5, 0.6) is 0 Å². The molecule has 6 nitrogen and oxygen atoms in total. The molecule has 0 spiro atoms. The van der Waals surface area contributed by atoms with Gasteiger partial charge in [0.2, 0.25) is 10.0 Å². The topological polar surface area (TPSA) is 92.3 Å². The van der Waals surface area contributed by atoms with Crippen molar-refractivity contribution in [1.29, 1.82) is 0 Å². The molecule has 0 saturated carbocycles. The van der Waals surface area contributed by atoms with Crippen LogP contribution in [0, 0.1) is 12.8 Å². The first-order chi connectivity index (χ1) is 10.1. The van der Waals surface area contributed by atoms with Crippen molar-refractivity contribution in [3.05, 3.63) is 23.8 Å². The zero-order valence-electron chi connectivity index (χ0n) is 13.0. The van der Waals surface area contributed by atoms with Gasteiger partial charge in [-0.15, -0.1) is 0 Å². The lowest BCUT2D eigenvalue weighted by atomic mass is 9.96. The first kappa shape index (κ1) is 17.4. The van der Waals surface area contributed by atoms with E-state index in [4.69, 9.17) is 0 Å². The molecule has 1 saturated heterocycles. The van der Waals surface area contributed by atoms with E-state index < -0.39 is 19.9 Å². The summed E-state index contributed by atoms with van der Waals surface area (Å²) in [6.45, 7) is 5.12. The molecule has 2 unspecified atom stereocenters. The maximum Gasteiger partial charge on any atom is 0.241 e. The van der Waals surface area contributed by atoms with Crippen LogP contribution in [0.15, 0.2) is 28.0 Å². The lowest BCUT2D eigenvalue weighted by Crippen LogP contribution is -2.50. The van der Waals surface area contributed by atoms with Crippen molar-refractivity contribution in [3.8, 4) is 0 Å². The van der Waals surface area contributed by atoms with Gasteiger partial charge in [-0.3, -0.25) is 0 Å². The highest BCUT2D eigenvalue weighted by atomic mass is 32.2. The second-order valence-corrected chi connectivity index (χ2v) is 9.60. The molecule has 1 heterocycles. The highest BCUT2D eigenvalue weighted by Crippen LogP contribution is 2.22. The van der Waals surface area contributed by atoms with Crippen LogP contribution in [0.1, 0.15) is 18.9 Å². The van der Waals surface area contributed by atoms with Gasteiger partial charge in [-0.2, -0.15) is 0 Å². The largest absolute Gasteiger partial charge is 0.315 e. The summed E-state index contributed by atoms with van der Waals surface area (Å²) in [5.41, 5.74) is 0.524. The van der Waals surface area contributed by atoms with Crippen molar-refractivity contribution in [2.24, 2.45) is 5.92 Å². The van der Waals surface area contributed by atoms with Crippen LogP contribution in [-0.4, -0.2) is 42.2 Å². The number of hydrogen-bond donors (Lipinski definition) is 2. The van der Waals surface area contributed by atoms with Gasteiger partial charge in [0.25, 0.3) is 0 Å². The minimum Gasteiger partial charge on any atom is -0.315 e. The molecule has 0 aromatic heterocycles. The Morgan fingerprint density at radius 3 is 2.50 bits per heavy atom. The van der Waals surface area contributed by atoms with Gasteiger partial charge in [0.1, 0.15) is 0 Å². The standard InChI is InChI=1S/C14H22N2O4S2/c1-10-6-7-15-9-13(10)16-22(19,20)14-8-12(21(3,17)18)5-4-11(14)2/h4-5,8,10,13,15-16H,6-7,9H2,1-3H3. The van der Waals surface area contributed by atoms with E-state index in [0.29, 0.717) is 12.1 Å². The summed E-state index contributed by atoms with van der Waals surface area (Å²) in [6, 6.07) is 3.98. The Balaban J connectivity index is 2.36. The number of sulfone groups is 1. The molecule has 0 aliphatic carbocycles. The molecule has 124 valence electrons. The monoisotopic (exact) mass is 346 g/mol. The van der Waals surface area contributed by atoms with Crippen molar-refractivity contribution >= 4 is 19.9 Å². The van der Waals surface area contributed by atoms with E-state index in [1.807, 2.05) is 6.92 Å². The van der Waals surface area contributed by atoms with Gasteiger partial charge in [-0.25, -0.2) is 21.6 Å². The fraction of sp³-hybridized carbons (Fsp3) is 0.571. The van der Waals surface area contributed by atoms with Gasteiger partial charge in [-0.05, 0) is 43.5 Å². The molecule has 2 atom stereocenters. The summed E-state index contributed by atoms with van der Waals surface area (Å²) in [5, 5.41) is 3.17. The second kappa shape index (κ2) is 6.27. The third kappa shape index (κ3) is 3.87. The fourth-order valence-electron chi connectivity index (χ4n) is 2.51. The molecule has 1 aromatic rings. The molecule has 1 aromatic carbocycles. The molecule has 0 bridgehead atoms. The molecule has 0 amide bonds. The Hall–Kier alpha value is -0.960. The molecule has 1 fully saturated rings. The molecule has 22 heavy (non-hydrogen) atoms. The van der Waals surface area contributed by atoms with Crippen LogP contribution in [0.3, 0.4) is 0 Å². The van der Waals surface area contributed by atoms with E-state index in [9.17, 15) is 16.8 Å². The normalized spacial score (nSPS) is 23.4. The Morgan fingerprint density at radius 2 is 1.91 bits per heavy atom. The predicted octanol–water partition coefficient (Wildman–Crippen LogP) is 0.675. The van der Waals surface area contributed by atoms with Gasteiger partial charge in [0, 0.05) is 18.8 Å². The molecule has 2 N–H and O–H groups in total. The molecule has 1 aliphatic heterocycles. The smallest absolute Gasteiger partial charge is 0.241 e. The minimum absolute atomic E-state index is 0.00768. The van der Waals surface area contributed by atoms with Gasteiger partial charge >= 0.3 is 0 Å². The second-order valence-electron chi connectivity index (χ2n) is 5.90. The number of hydrogen-bond acceptors (Lipinski definition) is 5. The zero-order valence-corrected chi connectivity index (χ0v) is 14.6. The van der Waals surface area contributed by atoms with E-state index in [1.165, 1.54) is 18.2 Å². The summed E-state index contributed by atoms with van der Waals surface area (Å²) >= 11 is 0. The van der Waals surface area contributed by atoms with E-state index in [1.54, 1.807) is 6.92 Å². The third-order valence-electron chi connectivity index (χ3n) is 4.01. The van der Waals surface area contributed by atoms with Crippen LogP contribution < -0.4 is 10.0 Å². The summed E-state index contributed by atoms with van der Waals surface area (Å²) in [5.74, 6) is 0.231. The Morgan fingerprint density at radius 1 is 1.23 bits per heavy atom. The molecular weight excluding hydrogens is 324 g/mol. The van der Waals surface area contributed by atoms with Crippen LogP contribution in [0.4, 0.5) is 0 Å². The van der Waals surface area contributed by atoms with Crippen molar-refractivity contribution in [3.63, 3.8) is 0 Å². The van der Waals surface area contributed by atoms with Crippen LogP contribution in [0.25, 0.3) is 0 Å². The highest BCUT2D eigenvalue weighted by Gasteiger charge is 2.28. The molecule has 2 rings (SSSR count). The van der Waals surface area contributed by atoms with E-state index in [-0.39, 0.29) is 21.8 Å². The average Bonchev–Trinajstić information content (AvgIpc) is 2.40. The Kier molecular flexibility index (Phi) is 4.96. The fourth-order valence-corrected chi connectivity index (χ4v) is 4.85. The molecule has 0 radical (unpaired) electrons. The van der Waals surface area contributed by atoms with Crippen molar-refractivity contribution in [2.45, 2.75) is 36.1 Å².